The minimum absolute atomic E-state index is 0.0489. The molecule has 0 bridgehead atoms. The summed E-state index contributed by atoms with van der Waals surface area (Å²) in [6.07, 6.45) is 8.19. The first-order valence-electron chi connectivity index (χ1n) is 10.2. The van der Waals surface area contributed by atoms with Gasteiger partial charge < -0.3 is 10.1 Å². The normalized spacial score (nSPS) is 18.9. The maximum atomic E-state index is 12.4. The number of nitrogens with one attached hydrogen (secondary N) is 2. The second kappa shape index (κ2) is 10.2. The molecule has 1 heterocycles. The van der Waals surface area contributed by atoms with E-state index >= 15 is 0 Å². The average molecular weight is 399 g/mol. The summed E-state index contributed by atoms with van der Waals surface area (Å²) in [4.78, 5) is 38.4. The molecule has 2 aliphatic rings. The number of hydrogen-bond acceptors (Lipinski definition) is 5. The maximum absolute atomic E-state index is 12.4. The standard InChI is InChI=1S/C22H29N3O4/c1-29-21(27)19-13-17-9-5-6-10-18(17)14-25(19)15-20(26)24-22(28)23-12-11-16-7-3-2-4-8-16/h5-7,9-10,19H,2-4,8,11-15H2,1H3,(H2,23,24,26,28)/t19-/m0/s1. The van der Waals surface area contributed by atoms with Gasteiger partial charge in [-0.05, 0) is 49.7 Å². The van der Waals surface area contributed by atoms with Crippen LogP contribution >= 0.6 is 0 Å². The predicted octanol–water partition coefficient (Wildman–Crippen LogP) is 2.30. The third-order valence-electron chi connectivity index (χ3n) is 5.54. The average Bonchev–Trinajstić information content (AvgIpc) is 2.73. The number of allylic oxidation sites excluding steroid dienone is 1. The molecule has 1 aromatic rings. The lowest BCUT2D eigenvalue weighted by Gasteiger charge is -2.34. The third kappa shape index (κ3) is 5.90. The lowest BCUT2D eigenvalue weighted by molar-refractivity contribution is -0.148. The predicted molar refractivity (Wildman–Crippen MR) is 109 cm³/mol. The van der Waals surface area contributed by atoms with Crippen LogP contribution in [0.1, 0.15) is 43.2 Å². The minimum atomic E-state index is -0.540. The van der Waals surface area contributed by atoms with Crippen LogP contribution in [-0.4, -0.2) is 49.0 Å². The summed E-state index contributed by atoms with van der Waals surface area (Å²) in [7, 11) is 1.34. The quantitative estimate of drug-likeness (QED) is 0.566. The van der Waals surface area contributed by atoms with E-state index in [9.17, 15) is 14.4 Å². The van der Waals surface area contributed by atoms with Gasteiger partial charge in [0.05, 0.1) is 13.7 Å². The highest BCUT2D eigenvalue weighted by Gasteiger charge is 2.33. The van der Waals surface area contributed by atoms with Gasteiger partial charge in [-0.25, -0.2) is 4.79 Å². The van der Waals surface area contributed by atoms with E-state index in [1.54, 1.807) is 4.90 Å². The Bertz CT molecular complexity index is 790. The number of amides is 3. The second-order valence-electron chi connectivity index (χ2n) is 7.58. The van der Waals surface area contributed by atoms with Crippen LogP contribution in [-0.2, 0) is 27.3 Å². The van der Waals surface area contributed by atoms with Gasteiger partial charge in [0, 0.05) is 13.1 Å². The van der Waals surface area contributed by atoms with E-state index in [1.807, 2.05) is 24.3 Å². The molecule has 0 saturated carbocycles. The van der Waals surface area contributed by atoms with Gasteiger partial charge >= 0.3 is 12.0 Å². The molecule has 0 unspecified atom stereocenters. The van der Waals surface area contributed by atoms with E-state index in [1.165, 1.54) is 25.5 Å². The highest BCUT2D eigenvalue weighted by atomic mass is 16.5. The number of nitrogens with zero attached hydrogens (tertiary/aromatic N) is 1. The van der Waals surface area contributed by atoms with Gasteiger partial charge in [0.1, 0.15) is 6.04 Å². The van der Waals surface area contributed by atoms with Gasteiger partial charge in [0.15, 0.2) is 0 Å². The SMILES string of the molecule is COC(=O)[C@@H]1Cc2ccccc2CN1CC(=O)NC(=O)NCCC1=CCCCC1. The molecule has 1 aromatic carbocycles. The molecule has 156 valence electrons. The number of hydrogen-bond donors (Lipinski definition) is 2. The van der Waals surface area contributed by atoms with Crippen molar-refractivity contribution in [1.82, 2.24) is 15.5 Å². The van der Waals surface area contributed by atoms with Gasteiger partial charge in [-0.1, -0.05) is 35.9 Å². The molecular weight excluding hydrogens is 370 g/mol. The molecule has 0 spiro atoms. The van der Waals surface area contributed by atoms with Crippen molar-refractivity contribution in [3.63, 3.8) is 0 Å². The Kier molecular flexibility index (Phi) is 7.41. The Morgan fingerprint density at radius 3 is 2.69 bits per heavy atom. The number of ether oxygens (including phenoxy) is 1. The van der Waals surface area contributed by atoms with E-state index in [-0.39, 0.29) is 12.5 Å². The van der Waals surface area contributed by atoms with Crippen LogP contribution in [0.4, 0.5) is 4.79 Å². The molecule has 2 N–H and O–H groups in total. The van der Waals surface area contributed by atoms with Crippen molar-refractivity contribution in [3.05, 3.63) is 47.0 Å². The first kappa shape index (κ1) is 21.0. The number of carbonyl (C=O) groups excluding carboxylic acids is 3. The van der Waals surface area contributed by atoms with Crippen LogP contribution in [0.3, 0.4) is 0 Å². The lowest BCUT2D eigenvalue weighted by atomic mass is 9.94. The first-order valence-corrected chi connectivity index (χ1v) is 10.2. The number of carbonyl (C=O) groups is 3. The zero-order chi connectivity index (χ0) is 20.6. The third-order valence-corrected chi connectivity index (χ3v) is 5.54. The molecule has 0 aromatic heterocycles. The molecule has 0 saturated heterocycles. The Labute approximate surface area is 171 Å². The number of urea groups is 1. The Hall–Kier alpha value is -2.67. The summed E-state index contributed by atoms with van der Waals surface area (Å²) in [6.45, 7) is 0.915. The fourth-order valence-electron chi connectivity index (χ4n) is 3.97. The topological polar surface area (TPSA) is 87.7 Å². The summed E-state index contributed by atoms with van der Waals surface area (Å²) >= 11 is 0. The number of benzene rings is 1. The van der Waals surface area contributed by atoms with Crippen LogP contribution in [0, 0.1) is 0 Å². The van der Waals surface area contributed by atoms with E-state index in [0.717, 1.165) is 30.4 Å². The van der Waals surface area contributed by atoms with Crippen molar-refractivity contribution in [2.75, 3.05) is 20.2 Å². The van der Waals surface area contributed by atoms with Crippen molar-refractivity contribution >= 4 is 17.9 Å². The Balaban J connectivity index is 1.50. The minimum Gasteiger partial charge on any atom is -0.468 e. The molecule has 29 heavy (non-hydrogen) atoms. The number of imide groups is 1. The van der Waals surface area contributed by atoms with Crippen LogP contribution < -0.4 is 10.6 Å². The zero-order valence-corrected chi connectivity index (χ0v) is 16.9. The van der Waals surface area contributed by atoms with E-state index < -0.39 is 18.0 Å². The summed E-state index contributed by atoms with van der Waals surface area (Å²) < 4.78 is 4.91. The first-order chi connectivity index (χ1) is 14.1. The molecule has 0 fully saturated rings. The zero-order valence-electron chi connectivity index (χ0n) is 16.9. The van der Waals surface area contributed by atoms with E-state index in [2.05, 4.69) is 16.7 Å². The van der Waals surface area contributed by atoms with E-state index in [0.29, 0.717) is 19.5 Å². The van der Waals surface area contributed by atoms with Crippen LogP contribution in [0.5, 0.6) is 0 Å². The second-order valence-corrected chi connectivity index (χ2v) is 7.58. The van der Waals surface area contributed by atoms with E-state index in [4.69, 9.17) is 4.74 Å². The number of esters is 1. The smallest absolute Gasteiger partial charge is 0.323 e. The van der Waals surface area contributed by atoms with Crippen molar-refractivity contribution in [2.45, 2.75) is 51.1 Å². The van der Waals surface area contributed by atoms with Crippen molar-refractivity contribution in [3.8, 4) is 0 Å². The molecule has 1 aliphatic heterocycles. The van der Waals surface area contributed by atoms with Crippen molar-refractivity contribution in [1.29, 1.82) is 0 Å². The Morgan fingerprint density at radius 1 is 1.17 bits per heavy atom. The van der Waals surface area contributed by atoms with Gasteiger partial charge in [0.25, 0.3) is 0 Å². The summed E-state index contributed by atoms with van der Waals surface area (Å²) in [5, 5.41) is 5.10. The molecule has 3 rings (SSSR count). The fourth-order valence-corrected chi connectivity index (χ4v) is 3.97. The molecular formula is C22H29N3O4. The number of methoxy groups -OCH3 is 1. The van der Waals surface area contributed by atoms with Crippen LogP contribution in [0.2, 0.25) is 0 Å². The molecule has 3 amide bonds. The molecule has 0 radical (unpaired) electrons. The largest absolute Gasteiger partial charge is 0.468 e. The fraction of sp³-hybridized carbons (Fsp3) is 0.500. The van der Waals surface area contributed by atoms with Crippen LogP contribution in [0.25, 0.3) is 0 Å². The summed E-state index contributed by atoms with van der Waals surface area (Å²) in [5.74, 6) is -0.815. The maximum Gasteiger partial charge on any atom is 0.323 e. The van der Waals surface area contributed by atoms with Crippen LogP contribution in [0.15, 0.2) is 35.9 Å². The highest BCUT2D eigenvalue weighted by Crippen LogP contribution is 2.23. The van der Waals surface area contributed by atoms with Gasteiger partial charge in [-0.15, -0.1) is 0 Å². The van der Waals surface area contributed by atoms with Crippen molar-refractivity contribution in [2.24, 2.45) is 0 Å². The lowest BCUT2D eigenvalue weighted by Crippen LogP contribution is -2.51. The Morgan fingerprint density at radius 2 is 1.97 bits per heavy atom. The number of fused-ring (bicyclic) bond motifs is 1. The van der Waals surface area contributed by atoms with Crippen molar-refractivity contribution < 1.29 is 19.1 Å². The number of rotatable bonds is 6. The van der Waals surface area contributed by atoms with Gasteiger partial charge in [0.2, 0.25) is 5.91 Å². The highest BCUT2D eigenvalue weighted by molar-refractivity contribution is 5.95. The van der Waals surface area contributed by atoms with Gasteiger partial charge in [-0.3, -0.25) is 19.8 Å². The monoisotopic (exact) mass is 399 g/mol. The molecule has 1 atom stereocenters. The molecule has 1 aliphatic carbocycles. The summed E-state index contributed by atoms with van der Waals surface area (Å²) in [5.41, 5.74) is 3.52. The van der Waals surface area contributed by atoms with Gasteiger partial charge in [-0.2, -0.15) is 0 Å². The summed E-state index contributed by atoms with van der Waals surface area (Å²) in [6, 6.07) is 6.80. The molecule has 7 nitrogen and oxygen atoms in total. The molecule has 7 heteroatoms.